The van der Waals surface area contributed by atoms with Crippen molar-refractivity contribution in [3.63, 3.8) is 0 Å². The van der Waals surface area contributed by atoms with Crippen molar-refractivity contribution in [3.8, 4) is 5.75 Å². The van der Waals surface area contributed by atoms with Crippen LogP contribution in [0, 0.1) is 11.8 Å². The van der Waals surface area contributed by atoms with Gasteiger partial charge in [-0.2, -0.15) is 0 Å². The molecule has 0 aliphatic carbocycles. The molecule has 0 bridgehead atoms. The Labute approximate surface area is 209 Å². The molecule has 1 aliphatic rings. The summed E-state index contributed by atoms with van der Waals surface area (Å²) in [4.78, 5) is 20.0. The first-order valence-electron chi connectivity index (χ1n) is 11.7. The maximum atomic E-state index is 12.0. The molecule has 4 rings (SSSR count). The van der Waals surface area contributed by atoms with E-state index in [2.05, 4.69) is 16.0 Å². The van der Waals surface area contributed by atoms with Crippen molar-refractivity contribution >= 4 is 39.8 Å². The summed E-state index contributed by atoms with van der Waals surface area (Å²) in [7, 11) is 1.61. The standard InChI is InChI=1S/C26H31ClN2O4S/c1-33-18-5-7-23-21(15-18)20(10-12-28-23)24(30)8-4-17-11-14-29(16-22(17)26(31)32)13-2-3-19-6-9-25(27)34-19/h5-7,9-10,12,15,17,22,24,30H,2-4,8,11,13-14,16H2,1H3,(H,31,32)/t17-,22+,24?/m1/s1. The molecule has 1 aliphatic heterocycles. The number of aliphatic carboxylic acids is 1. The van der Waals surface area contributed by atoms with Crippen molar-refractivity contribution in [2.24, 2.45) is 11.8 Å². The summed E-state index contributed by atoms with van der Waals surface area (Å²) >= 11 is 7.62. The zero-order valence-corrected chi connectivity index (χ0v) is 20.9. The summed E-state index contributed by atoms with van der Waals surface area (Å²) in [5.74, 6) is -0.378. The number of piperidine rings is 1. The fourth-order valence-electron chi connectivity index (χ4n) is 4.95. The van der Waals surface area contributed by atoms with Gasteiger partial charge in [0.15, 0.2) is 0 Å². The van der Waals surface area contributed by atoms with E-state index in [4.69, 9.17) is 16.3 Å². The van der Waals surface area contributed by atoms with E-state index in [-0.39, 0.29) is 5.92 Å². The number of aliphatic hydroxyl groups excluding tert-OH is 1. The van der Waals surface area contributed by atoms with Gasteiger partial charge in [-0.05, 0) is 93.1 Å². The van der Waals surface area contributed by atoms with Crippen LogP contribution < -0.4 is 4.74 Å². The number of pyridine rings is 1. The minimum atomic E-state index is -0.742. The van der Waals surface area contributed by atoms with Crippen molar-refractivity contribution in [1.29, 1.82) is 0 Å². The molecule has 1 saturated heterocycles. The third-order valence-corrected chi connectivity index (χ3v) is 8.13. The molecule has 3 atom stereocenters. The Morgan fingerprint density at radius 2 is 2.18 bits per heavy atom. The van der Waals surface area contributed by atoms with Gasteiger partial charge in [0, 0.05) is 23.0 Å². The quantitative estimate of drug-likeness (QED) is 0.385. The largest absolute Gasteiger partial charge is 0.497 e. The molecule has 3 aromatic rings. The highest BCUT2D eigenvalue weighted by molar-refractivity contribution is 7.16. The summed E-state index contributed by atoms with van der Waals surface area (Å²) in [5.41, 5.74) is 1.61. The smallest absolute Gasteiger partial charge is 0.308 e. The molecule has 34 heavy (non-hydrogen) atoms. The topological polar surface area (TPSA) is 82.9 Å². The second kappa shape index (κ2) is 11.5. The van der Waals surface area contributed by atoms with Gasteiger partial charge in [-0.3, -0.25) is 9.78 Å². The van der Waals surface area contributed by atoms with Gasteiger partial charge in [0.2, 0.25) is 0 Å². The molecule has 1 fully saturated rings. The molecule has 8 heteroatoms. The van der Waals surface area contributed by atoms with Gasteiger partial charge < -0.3 is 19.8 Å². The number of aryl methyl sites for hydroxylation is 1. The van der Waals surface area contributed by atoms with Crippen LogP contribution in [0.15, 0.2) is 42.6 Å². The van der Waals surface area contributed by atoms with Crippen LogP contribution >= 0.6 is 22.9 Å². The Hall–Kier alpha value is -2.19. The van der Waals surface area contributed by atoms with Crippen molar-refractivity contribution in [1.82, 2.24) is 9.88 Å². The van der Waals surface area contributed by atoms with E-state index in [1.54, 1.807) is 24.6 Å². The number of carbonyl (C=O) groups is 1. The summed E-state index contributed by atoms with van der Waals surface area (Å²) in [6.45, 7) is 2.35. The summed E-state index contributed by atoms with van der Waals surface area (Å²) < 4.78 is 6.14. The first-order valence-corrected chi connectivity index (χ1v) is 12.9. The Morgan fingerprint density at radius 1 is 1.32 bits per heavy atom. The minimum Gasteiger partial charge on any atom is -0.497 e. The van der Waals surface area contributed by atoms with E-state index in [1.165, 1.54) is 4.88 Å². The molecule has 1 unspecified atom stereocenters. The zero-order valence-electron chi connectivity index (χ0n) is 19.3. The third kappa shape index (κ3) is 6.08. The SMILES string of the molecule is COc1ccc2nccc(C(O)CC[C@@H]3CCN(CCCc4ccc(Cl)s4)C[C@@H]3C(=O)O)c2c1. The molecule has 1 aromatic carbocycles. The molecule has 182 valence electrons. The van der Waals surface area contributed by atoms with Crippen LogP contribution in [0.25, 0.3) is 10.9 Å². The van der Waals surface area contributed by atoms with E-state index in [0.29, 0.717) is 19.4 Å². The minimum absolute atomic E-state index is 0.0575. The molecular weight excluding hydrogens is 472 g/mol. The van der Waals surface area contributed by atoms with E-state index in [1.807, 2.05) is 30.3 Å². The Bertz CT molecular complexity index is 1120. The average molecular weight is 503 g/mol. The first kappa shape index (κ1) is 24.9. The van der Waals surface area contributed by atoms with E-state index >= 15 is 0 Å². The highest BCUT2D eigenvalue weighted by Crippen LogP contribution is 2.34. The lowest BCUT2D eigenvalue weighted by molar-refractivity contribution is -0.146. The van der Waals surface area contributed by atoms with Crippen LogP contribution in [0.2, 0.25) is 4.34 Å². The normalized spacial score (nSPS) is 19.9. The molecule has 2 N–H and O–H groups in total. The van der Waals surface area contributed by atoms with Gasteiger partial charge in [-0.15, -0.1) is 11.3 Å². The Kier molecular flexibility index (Phi) is 8.42. The molecule has 0 amide bonds. The second-order valence-electron chi connectivity index (χ2n) is 8.98. The van der Waals surface area contributed by atoms with E-state index in [9.17, 15) is 15.0 Å². The maximum Gasteiger partial charge on any atom is 0.308 e. The van der Waals surface area contributed by atoms with Crippen LogP contribution in [0.3, 0.4) is 0 Å². The van der Waals surface area contributed by atoms with Crippen LogP contribution in [0.4, 0.5) is 0 Å². The van der Waals surface area contributed by atoms with Crippen molar-refractivity contribution in [2.45, 2.75) is 38.2 Å². The van der Waals surface area contributed by atoms with E-state index in [0.717, 1.165) is 58.9 Å². The second-order valence-corrected chi connectivity index (χ2v) is 10.8. The number of aliphatic hydroxyl groups is 1. The Morgan fingerprint density at radius 3 is 2.91 bits per heavy atom. The number of carboxylic acid groups (broad SMARTS) is 1. The number of ether oxygens (including phenoxy) is 1. The van der Waals surface area contributed by atoms with Crippen LogP contribution in [-0.2, 0) is 11.2 Å². The van der Waals surface area contributed by atoms with Gasteiger partial charge in [0.05, 0.1) is 29.0 Å². The Balaban J connectivity index is 1.33. The molecule has 0 spiro atoms. The third-order valence-electron chi connectivity index (χ3n) is 6.84. The number of likely N-dealkylation sites (tertiary alicyclic amines) is 1. The molecule has 3 heterocycles. The highest BCUT2D eigenvalue weighted by atomic mass is 35.5. The number of halogens is 1. The molecule has 2 aromatic heterocycles. The molecular formula is C26H31ClN2O4S. The highest BCUT2D eigenvalue weighted by Gasteiger charge is 2.34. The lowest BCUT2D eigenvalue weighted by atomic mass is 9.81. The molecule has 0 saturated carbocycles. The number of thiophene rings is 1. The van der Waals surface area contributed by atoms with Gasteiger partial charge in [0.1, 0.15) is 5.75 Å². The van der Waals surface area contributed by atoms with Crippen LogP contribution in [0.5, 0.6) is 5.75 Å². The van der Waals surface area contributed by atoms with Crippen LogP contribution in [0.1, 0.15) is 42.2 Å². The molecule has 0 radical (unpaired) electrons. The summed E-state index contributed by atoms with van der Waals surface area (Å²) in [6, 6.07) is 11.5. The lowest BCUT2D eigenvalue weighted by Gasteiger charge is -2.37. The van der Waals surface area contributed by atoms with Crippen molar-refractivity contribution in [3.05, 3.63) is 57.4 Å². The van der Waals surface area contributed by atoms with Crippen molar-refractivity contribution in [2.75, 3.05) is 26.7 Å². The van der Waals surface area contributed by atoms with Gasteiger partial charge in [-0.1, -0.05) is 11.6 Å². The number of nitrogens with zero attached hydrogens (tertiary/aromatic N) is 2. The lowest BCUT2D eigenvalue weighted by Crippen LogP contribution is -2.44. The zero-order chi connectivity index (χ0) is 24.1. The van der Waals surface area contributed by atoms with Crippen LogP contribution in [-0.4, -0.2) is 52.8 Å². The predicted octanol–water partition coefficient (Wildman–Crippen LogP) is 5.43. The number of hydrogen-bond donors (Lipinski definition) is 2. The number of fused-ring (bicyclic) bond motifs is 1. The van der Waals surface area contributed by atoms with Gasteiger partial charge in [-0.25, -0.2) is 0 Å². The first-order chi connectivity index (χ1) is 16.4. The predicted molar refractivity (Wildman–Crippen MR) is 136 cm³/mol. The fourth-order valence-corrected chi connectivity index (χ4v) is 6.08. The van der Waals surface area contributed by atoms with E-state index < -0.39 is 18.0 Å². The number of hydrogen-bond acceptors (Lipinski definition) is 6. The number of aromatic nitrogens is 1. The number of benzene rings is 1. The maximum absolute atomic E-state index is 12.0. The fraction of sp³-hybridized carbons (Fsp3) is 0.462. The van der Waals surface area contributed by atoms with Crippen molar-refractivity contribution < 1.29 is 19.7 Å². The van der Waals surface area contributed by atoms with Gasteiger partial charge >= 0.3 is 5.97 Å². The number of rotatable bonds is 10. The van der Waals surface area contributed by atoms with Gasteiger partial charge in [0.25, 0.3) is 0 Å². The summed E-state index contributed by atoms with van der Waals surface area (Å²) in [5, 5.41) is 21.7. The monoisotopic (exact) mass is 502 g/mol. The number of carboxylic acids is 1. The molecule has 6 nitrogen and oxygen atoms in total. The number of methoxy groups -OCH3 is 1. The average Bonchev–Trinajstić information content (AvgIpc) is 3.26. The summed E-state index contributed by atoms with van der Waals surface area (Å²) in [6.07, 6.45) is 5.01.